The molecular formula is C46H46F4N10O4. The second-order valence-corrected chi connectivity index (χ2v) is 15.3. The van der Waals surface area contributed by atoms with Gasteiger partial charge in [0.25, 0.3) is 0 Å². The number of hydrogen-bond donors (Lipinski definition) is 0. The summed E-state index contributed by atoms with van der Waals surface area (Å²) in [6.07, 6.45) is 9.56. The normalized spacial score (nSPS) is 16.5. The molecule has 332 valence electrons. The monoisotopic (exact) mass is 878 g/mol. The predicted octanol–water partition coefficient (Wildman–Crippen LogP) is 8.05. The van der Waals surface area contributed by atoms with E-state index in [1.165, 1.54) is 12.1 Å². The summed E-state index contributed by atoms with van der Waals surface area (Å²) in [6.45, 7) is 8.02. The van der Waals surface area contributed by atoms with Gasteiger partial charge in [0.15, 0.2) is 0 Å². The molecule has 0 bridgehead atoms. The number of methoxy groups -OCH3 is 2. The second kappa shape index (κ2) is 19.4. The SMILES string of the molecule is COc1cc(/C=C2\CCCN([C@@H](C)c3ccc(F)nc3F)C2=O)ccc1-n1cnc(C)n1.COc1cc(/C=C2\CCCN([C@H](C)c3ccc(F)nc3F)C2=O)ccc1-n1cnc(C)n1. The van der Waals surface area contributed by atoms with Crippen LogP contribution in [0.3, 0.4) is 0 Å². The first kappa shape index (κ1) is 44.8. The van der Waals surface area contributed by atoms with Gasteiger partial charge in [-0.15, -0.1) is 0 Å². The summed E-state index contributed by atoms with van der Waals surface area (Å²) >= 11 is 0. The van der Waals surface area contributed by atoms with Crippen molar-refractivity contribution in [1.82, 2.24) is 49.3 Å². The van der Waals surface area contributed by atoms with E-state index < -0.39 is 35.9 Å². The number of hydrogen-bond acceptors (Lipinski definition) is 10. The first-order valence-corrected chi connectivity index (χ1v) is 20.5. The van der Waals surface area contributed by atoms with Gasteiger partial charge in [-0.3, -0.25) is 9.59 Å². The van der Waals surface area contributed by atoms with Crippen molar-refractivity contribution in [2.75, 3.05) is 27.3 Å². The fraction of sp³-hybridized carbons (Fsp3) is 0.304. The van der Waals surface area contributed by atoms with Gasteiger partial charge in [-0.2, -0.15) is 37.7 Å². The summed E-state index contributed by atoms with van der Waals surface area (Å²) in [5, 5.41) is 8.62. The molecule has 2 aliphatic rings. The van der Waals surface area contributed by atoms with Crippen LogP contribution >= 0.6 is 0 Å². The van der Waals surface area contributed by atoms with Crippen molar-refractivity contribution in [1.29, 1.82) is 0 Å². The number of carbonyl (C=O) groups excluding carboxylic acids is 2. The Labute approximate surface area is 366 Å². The Balaban J connectivity index is 0.000000191. The molecule has 2 saturated heterocycles. The first-order chi connectivity index (χ1) is 30.7. The van der Waals surface area contributed by atoms with E-state index in [2.05, 4.69) is 30.1 Å². The molecule has 64 heavy (non-hydrogen) atoms. The molecule has 2 aliphatic heterocycles. The number of halogens is 4. The Kier molecular flexibility index (Phi) is 13.6. The Bertz CT molecular complexity index is 2570. The maximum atomic E-state index is 14.2. The number of nitrogens with zero attached hydrogens (tertiary/aromatic N) is 10. The van der Waals surface area contributed by atoms with Crippen LogP contribution in [0.15, 0.2) is 84.5 Å². The molecular weight excluding hydrogens is 833 g/mol. The number of likely N-dealkylation sites (tertiary alicyclic amines) is 2. The lowest BCUT2D eigenvalue weighted by Crippen LogP contribution is -2.39. The molecule has 18 heteroatoms. The topological polar surface area (TPSA) is 146 Å². The maximum absolute atomic E-state index is 14.2. The van der Waals surface area contributed by atoms with Crippen molar-refractivity contribution in [3.8, 4) is 22.9 Å². The molecule has 6 heterocycles. The molecule has 0 radical (unpaired) electrons. The molecule has 14 nitrogen and oxygen atoms in total. The van der Waals surface area contributed by atoms with E-state index in [9.17, 15) is 27.2 Å². The van der Waals surface area contributed by atoms with Crippen LogP contribution < -0.4 is 9.47 Å². The number of carbonyl (C=O) groups is 2. The molecule has 8 rings (SSSR count). The number of pyridine rings is 2. The second-order valence-electron chi connectivity index (χ2n) is 15.3. The van der Waals surface area contributed by atoms with E-state index in [0.29, 0.717) is 60.2 Å². The molecule has 2 aromatic carbocycles. The number of piperidine rings is 2. The summed E-state index contributed by atoms with van der Waals surface area (Å²) < 4.78 is 69.0. The zero-order valence-electron chi connectivity index (χ0n) is 36.1. The number of rotatable bonds is 10. The highest BCUT2D eigenvalue weighted by molar-refractivity contribution is 5.99. The minimum atomic E-state index is -0.898. The zero-order valence-corrected chi connectivity index (χ0v) is 36.1. The fourth-order valence-corrected chi connectivity index (χ4v) is 7.75. The third-order valence-corrected chi connectivity index (χ3v) is 11.1. The average Bonchev–Trinajstić information content (AvgIpc) is 3.92. The van der Waals surface area contributed by atoms with Gasteiger partial charge in [-0.1, -0.05) is 12.1 Å². The third kappa shape index (κ3) is 9.85. The van der Waals surface area contributed by atoms with Crippen molar-refractivity contribution in [2.24, 2.45) is 0 Å². The van der Waals surface area contributed by atoms with Gasteiger partial charge in [0.1, 0.15) is 47.2 Å². The van der Waals surface area contributed by atoms with Crippen LogP contribution in [-0.2, 0) is 9.59 Å². The Morgan fingerprint density at radius 2 is 1.02 bits per heavy atom. The van der Waals surface area contributed by atoms with Gasteiger partial charge in [0, 0.05) is 35.4 Å². The van der Waals surface area contributed by atoms with Gasteiger partial charge in [0.05, 0.1) is 26.3 Å². The standard InChI is InChI=1S/2C23H23F2N5O2/c2*1-14(18-7-9-21(24)27-22(18)25)29-10-4-5-17(23(29)31)11-16-6-8-19(20(12-16)32-3)30-13-26-15(2)28-30/h2*6-9,11-14H,4-5,10H2,1-3H3/b2*17-11+/t2*14-/m10/s1. The predicted molar refractivity (Wildman–Crippen MR) is 228 cm³/mol. The van der Waals surface area contributed by atoms with E-state index in [1.807, 2.05) is 48.6 Å². The van der Waals surface area contributed by atoms with Crippen molar-refractivity contribution >= 4 is 24.0 Å². The van der Waals surface area contributed by atoms with Crippen LogP contribution in [0, 0.1) is 37.6 Å². The minimum Gasteiger partial charge on any atom is -0.494 e. The number of benzene rings is 2. The molecule has 2 amide bonds. The van der Waals surface area contributed by atoms with Crippen LogP contribution in [0.2, 0.25) is 0 Å². The average molecular weight is 879 g/mol. The zero-order chi connectivity index (χ0) is 45.7. The summed E-state index contributed by atoms with van der Waals surface area (Å²) in [5.74, 6) is -1.44. The molecule has 0 spiro atoms. The largest absolute Gasteiger partial charge is 0.494 e. The van der Waals surface area contributed by atoms with Gasteiger partial charge in [-0.25, -0.2) is 19.3 Å². The van der Waals surface area contributed by atoms with Crippen LogP contribution in [0.4, 0.5) is 17.6 Å². The summed E-state index contributed by atoms with van der Waals surface area (Å²) in [7, 11) is 3.14. The van der Waals surface area contributed by atoms with Crippen LogP contribution in [0.1, 0.15) is 85.5 Å². The molecule has 0 N–H and O–H groups in total. The Morgan fingerprint density at radius 3 is 1.36 bits per heavy atom. The summed E-state index contributed by atoms with van der Waals surface area (Å²) in [4.78, 5) is 44.3. The van der Waals surface area contributed by atoms with E-state index in [4.69, 9.17) is 9.47 Å². The van der Waals surface area contributed by atoms with Gasteiger partial charge < -0.3 is 19.3 Å². The van der Waals surface area contributed by atoms with E-state index in [-0.39, 0.29) is 22.9 Å². The molecule has 4 aromatic heterocycles. The Morgan fingerprint density at radius 1 is 0.609 bits per heavy atom. The fourth-order valence-electron chi connectivity index (χ4n) is 7.75. The van der Waals surface area contributed by atoms with E-state index >= 15 is 0 Å². The first-order valence-electron chi connectivity index (χ1n) is 20.5. The molecule has 6 aromatic rings. The van der Waals surface area contributed by atoms with E-state index in [1.54, 1.807) is 73.7 Å². The third-order valence-electron chi connectivity index (χ3n) is 11.1. The van der Waals surface area contributed by atoms with Crippen LogP contribution in [-0.4, -0.2) is 88.4 Å². The van der Waals surface area contributed by atoms with Crippen molar-refractivity contribution < 1.29 is 36.6 Å². The van der Waals surface area contributed by atoms with Crippen molar-refractivity contribution in [3.63, 3.8) is 0 Å². The summed E-state index contributed by atoms with van der Waals surface area (Å²) in [6, 6.07) is 14.9. The lowest BCUT2D eigenvalue weighted by Gasteiger charge is -2.34. The quantitative estimate of drug-likeness (QED) is 0.0753. The van der Waals surface area contributed by atoms with Crippen molar-refractivity contribution in [3.05, 3.63) is 142 Å². The smallest absolute Gasteiger partial charge is 0.250 e. The number of aromatic nitrogens is 8. The van der Waals surface area contributed by atoms with Gasteiger partial charge >= 0.3 is 0 Å². The summed E-state index contributed by atoms with van der Waals surface area (Å²) in [5.41, 5.74) is 4.68. The van der Waals surface area contributed by atoms with Crippen LogP contribution in [0.5, 0.6) is 11.5 Å². The number of aryl methyl sites for hydroxylation is 2. The minimum absolute atomic E-state index is 0.178. The van der Waals surface area contributed by atoms with E-state index in [0.717, 1.165) is 47.5 Å². The molecule has 0 unspecified atom stereocenters. The highest BCUT2D eigenvalue weighted by Crippen LogP contribution is 2.33. The van der Waals surface area contributed by atoms with Gasteiger partial charge in [0.2, 0.25) is 35.6 Å². The van der Waals surface area contributed by atoms with Crippen LogP contribution in [0.25, 0.3) is 23.5 Å². The number of ether oxygens (including phenoxy) is 2. The highest BCUT2D eigenvalue weighted by atomic mass is 19.1. The molecule has 2 fully saturated rings. The highest BCUT2D eigenvalue weighted by Gasteiger charge is 2.31. The lowest BCUT2D eigenvalue weighted by atomic mass is 9.97. The van der Waals surface area contributed by atoms with Crippen molar-refractivity contribution in [2.45, 2.75) is 65.5 Å². The molecule has 0 aliphatic carbocycles. The number of amides is 2. The lowest BCUT2D eigenvalue weighted by molar-refractivity contribution is -0.131. The Hall–Kier alpha value is -7.24. The molecule has 0 saturated carbocycles. The molecule has 2 atom stereocenters. The van der Waals surface area contributed by atoms with Gasteiger partial charge in [-0.05, 0) is 125 Å². The maximum Gasteiger partial charge on any atom is 0.250 e.